The second-order valence-corrected chi connectivity index (χ2v) is 10.2. The van der Waals surface area contributed by atoms with Crippen LogP contribution >= 0.6 is 0 Å². The quantitative estimate of drug-likeness (QED) is 0.166. The zero-order valence-corrected chi connectivity index (χ0v) is 16.7. The highest BCUT2D eigenvalue weighted by Crippen LogP contribution is 2.64. The minimum atomic E-state index is -4.23. The molecule has 5 rings (SSSR count). The maximum atomic E-state index is 12.8. The van der Waals surface area contributed by atoms with Crippen LogP contribution in [0.4, 0.5) is 0 Å². The standard InChI is InChI=1S/C20H23NO7S/c1-2-17(22)27-18(28-29(25,26)16-6-4-3-5-7-16)19-9-14-8-15(10-19)12-20(11-14,13-19)21(23)24/h2-7,14-15,18H,1,8-13H2. The molecule has 0 heterocycles. The van der Waals surface area contributed by atoms with Gasteiger partial charge in [0.25, 0.3) is 10.1 Å². The van der Waals surface area contributed by atoms with Crippen molar-refractivity contribution in [2.24, 2.45) is 17.3 Å². The van der Waals surface area contributed by atoms with Crippen molar-refractivity contribution in [2.45, 2.75) is 55.2 Å². The molecule has 1 aromatic carbocycles. The van der Waals surface area contributed by atoms with Gasteiger partial charge in [-0.15, -0.1) is 0 Å². The summed E-state index contributed by atoms with van der Waals surface area (Å²) in [5.41, 5.74) is -2.01. The first kappa shape index (κ1) is 20.0. The van der Waals surface area contributed by atoms with E-state index in [4.69, 9.17) is 8.92 Å². The van der Waals surface area contributed by atoms with Crippen molar-refractivity contribution in [1.29, 1.82) is 0 Å². The van der Waals surface area contributed by atoms with Crippen LogP contribution in [0.2, 0.25) is 0 Å². The average molecular weight is 421 g/mol. The lowest BCUT2D eigenvalue weighted by molar-refractivity contribution is -0.593. The average Bonchev–Trinajstić information content (AvgIpc) is 2.67. The number of nitrogens with zero attached hydrogens (tertiary/aromatic N) is 1. The highest BCUT2D eigenvalue weighted by molar-refractivity contribution is 7.86. The monoisotopic (exact) mass is 421 g/mol. The predicted molar refractivity (Wildman–Crippen MR) is 102 cm³/mol. The van der Waals surface area contributed by atoms with E-state index in [2.05, 4.69) is 6.58 Å². The molecule has 4 aliphatic rings. The van der Waals surface area contributed by atoms with E-state index in [9.17, 15) is 23.3 Å². The van der Waals surface area contributed by atoms with Gasteiger partial charge >= 0.3 is 5.97 Å². The summed E-state index contributed by atoms with van der Waals surface area (Å²) in [5, 5.41) is 11.9. The topological polar surface area (TPSA) is 113 Å². The number of carbonyl (C=O) groups is 1. The summed E-state index contributed by atoms with van der Waals surface area (Å²) in [4.78, 5) is 23.6. The molecule has 0 amide bonds. The van der Waals surface area contributed by atoms with E-state index in [0.29, 0.717) is 25.7 Å². The van der Waals surface area contributed by atoms with Crippen molar-refractivity contribution in [1.82, 2.24) is 0 Å². The minimum absolute atomic E-state index is 0.0617. The van der Waals surface area contributed by atoms with Gasteiger partial charge in [-0.1, -0.05) is 24.8 Å². The van der Waals surface area contributed by atoms with Crippen LogP contribution in [0.5, 0.6) is 0 Å². The van der Waals surface area contributed by atoms with Crippen LogP contribution in [0, 0.1) is 27.4 Å². The molecule has 0 aliphatic heterocycles. The van der Waals surface area contributed by atoms with E-state index < -0.39 is 33.3 Å². The summed E-state index contributed by atoms with van der Waals surface area (Å²) in [6.07, 6.45) is 2.57. The van der Waals surface area contributed by atoms with Crippen LogP contribution < -0.4 is 0 Å². The number of benzene rings is 1. The fraction of sp³-hybridized carbons (Fsp3) is 0.550. The molecular weight excluding hydrogens is 398 g/mol. The Morgan fingerprint density at radius 2 is 1.83 bits per heavy atom. The third-order valence-electron chi connectivity index (χ3n) is 6.60. The zero-order chi connectivity index (χ0) is 20.9. The van der Waals surface area contributed by atoms with Crippen molar-refractivity contribution in [2.75, 3.05) is 0 Å². The highest BCUT2D eigenvalue weighted by Gasteiger charge is 2.67. The van der Waals surface area contributed by atoms with E-state index in [1.54, 1.807) is 18.2 Å². The summed E-state index contributed by atoms with van der Waals surface area (Å²) in [6.45, 7) is 3.37. The fourth-order valence-electron chi connectivity index (χ4n) is 5.93. The number of hydrogen-bond acceptors (Lipinski definition) is 7. The van der Waals surface area contributed by atoms with E-state index in [1.807, 2.05) is 0 Å². The van der Waals surface area contributed by atoms with E-state index >= 15 is 0 Å². The lowest BCUT2D eigenvalue weighted by atomic mass is 9.46. The van der Waals surface area contributed by atoms with Crippen LogP contribution in [0.1, 0.15) is 38.5 Å². The van der Waals surface area contributed by atoms with E-state index in [1.165, 1.54) is 12.1 Å². The van der Waals surface area contributed by atoms with Gasteiger partial charge in [-0.3, -0.25) is 10.1 Å². The van der Waals surface area contributed by atoms with Gasteiger partial charge in [0, 0.05) is 35.7 Å². The number of rotatable bonds is 7. The van der Waals surface area contributed by atoms with Crippen molar-refractivity contribution in [3.8, 4) is 0 Å². The van der Waals surface area contributed by atoms with Gasteiger partial charge in [-0.25, -0.2) is 8.98 Å². The second-order valence-electron chi connectivity index (χ2n) is 8.64. The first-order valence-corrected chi connectivity index (χ1v) is 11.0. The van der Waals surface area contributed by atoms with Crippen LogP contribution in [-0.4, -0.2) is 31.1 Å². The summed E-state index contributed by atoms with van der Waals surface area (Å²) < 4.78 is 36.5. The molecule has 4 saturated carbocycles. The van der Waals surface area contributed by atoms with Crippen molar-refractivity contribution >= 4 is 16.1 Å². The Labute approximate surface area is 169 Å². The number of esters is 1. The van der Waals surface area contributed by atoms with Crippen LogP contribution in [0.3, 0.4) is 0 Å². The van der Waals surface area contributed by atoms with Gasteiger partial charge in [0.15, 0.2) is 0 Å². The lowest BCUT2D eigenvalue weighted by Crippen LogP contribution is -2.63. The maximum Gasteiger partial charge on any atom is 0.332 e. The molecule has 0 N–H and O–H groups in total. The van der Waals surface area contributed by atoms with Crippen LogP contribution in [-0.2, 0) is 23.8 Å². The van der Waals surface area contributed by atoms with Crippen molar-refractivity contribution < 1.29 is 27.1 Å². The smallest absolute Gasteiger partial charge is 0.332 e. The minimum Gasteiger partial charge on any atom is -0.431 e. The van der Waals surface area contributed by atoms with Gasteiger partial charge in [0.1, 0.15) is 0 Å². The van der Waals surface area contributed by atoms with Crippen molar-refractivity contribution in [3.63, 3.8) is 0 Å². The van der Waals surface area contributed by atoms with Gasteiger partial charge in [0.2, 0.25) is 11.8 Å². The SMILES string of the molecule is C=CC(=O)OC(OS(=O)(=O)c1ccccc1)C12CC3CC(C1)CC([N+](=O)[O-])(C3)C2. The molecule has 3 unspecified atom stereocenters. The molecule has 0 aromatic heterocycles. The lowest BCUT2D eigenvalue weighted by Gasteiger charge is -2.58. The molecule has 8 nitrogen and oxygen atoms in total. The fourth-order valence-corrected chi connectivity index (χ4v) is 7.01. The highest BCUT2D eigenvalue weighted by atomic mass is 32.2. The Morgan fingerprint density at radius 3 is 2.38 bits per heavy atom. The Kier molecular flexibility index (Phi) is 4.77. The molecule has 3 atom stereocenters. The molecule has 0 saturated heterocycles. The predicted octanol–water partition coefficient (Wildman–Crippen LogP) is 3.06. The first-order chi connectivity index (χ1) is 13.7. The van der Waals surface area contributed by atoms with Gasteiger partial charge in [0.05, 0.1) is 4.90 Å². The third kappa shape index (κ3) is 3.46. The molecule has 4 fully saturated rings. The van der Waals surface area contributed by atoms with Gasteiger partial charge in [-0.05, 0) is 43.2 Å². The number of nitro groups is 1. The summed E-state index contributed by atoms with van der Waals surface area (Å²) in [7, 11) is -4.23. The molecular formula is C20H23NO7S. The normalized spacial score (nSPS) is 33.8. The third-order valence-corrected chi connectivity index (χ3v) is 7.88. The maximum absolute atomic E-state index is 12.8. The van der Waals surface area contributed by atoms with Gasteiger partial charge < -0.3 is 4.74 Å². The largest absolute Gasteiger partial charge is 0.431 e. The molecule has 29 heavy (non-hydrogen) atoms. The van der Waals surface area contributed by atoms with E-state index in [0.717, 1.165) is 12.5 Å². The molecule has 156 valence electrons. The first-order valence-electron chi connectivity index (χ1n) is 9.64. The van der Waals surface area contributed by atoms with E-state index in [-0.39, 0.29) is 28.1 Å². The molecule has 0 radical (unpaired) electrons. The number of carbonyl (C=O) groups excluding carboxylic acids is 1. The Balaban J connectivity index is 1.71. The van der Waals surface area contributed by atoms with Crippen LogP contribution in [0.25, 0.3) is 0 Å². The second kappa shape index (κ2) is 6.91. The Bertz CT molecular complexity index is 929. The summed E-state index contributed by atoms with van der Waals surface area (Å²) in [5.74, 6) is -0.631. The Morgan fingerprint density at radius 1 is 1.21 bits per heavy atom. The molecule has 0 spiro atoms. The molecule has 1 aromatic rings. The number of hydrogen-bond donors (Lipinski definition) is 0. The van der Waals surface area contributed by atoms with Crippen LogP contribution in [0.15, 0.2) is 47.9 Å². The molecule has 4 aliphatic carbocycles. The molecule has 4 bridgehead atoms. The molecule has 9 heteroatoms. The van der Waals surface area contributed by atoms with Gasteiger partial charge in [-0.2, -0.15) is 8.42 Å². The Hall–Kier alpha value is -2.26. The summed E-state index contributed by atoms with van der Waals surface area (Å²) in [6, 6.07) is 7.58. The number of ether oxygens (including phenoxy) is 1. The van der Waals surface area contributed by atoms with Crippen molar-refractivity contribution in [3.05, 3.63) is 53.1 Å². The summed E-state index contributed by atoms with van der Waals surface area (Å²) >= 11 is 0. The zero-order valence-electron chi connectivity index (χ0n) is 15.9.